The van der Waals surface area contributed by atoms with Crippen LogP contribution < -0.4 is 4.90 Å². The molecule has 1 aromatic rings. The highest BCUT2D eigenvalue weighted by Gasteiger charge is 2.23. The predicted octanol–water partition coefficient (Wildman–Crippen LogP) is 1.61. The summed E-state index contributed by atoms with van der Waals surface area (Å²) in [7, 11) is 0. The van der Waals surface area contributed by atoms with Gasteiger partial charge in [-0.3, -0.25) is 0 Å². The summed E-state index contributed by atoms with van der Waals surface area (Å²) in [6.45, 7) is 3.11. The molecule has 1 aliphatic heterocycles. The lowest BCUT2D eigenvalue weighted by Gasteiger charge is -2.33. The molecule has 1 aromatic carbocycles. The van der Waals surface area contributed by atoms with Gasteiger partial charge in [-0.15, -0.1) is 0 Å². The van der Waals surface area contributed by atoms with Crippen LogP contribution in [0.3, 0.4) is 0 Å². The number of hydrogen-bond acceptors (Lipinski definition) is 4. The van der Waals surface area contributed by atoms with Crippen LogP contribution >= 0.6 is 0 Å². The van der Waals surface area contributed by atoms with E-state index in [0.717, 1.165) is 5.69 Å². The van der Waals surface area contributed by atoms with Crippen LogP contribution in [0.5, 0.6) is 0 Å². The van der Waals surface area contributed by atoms with Gasteiger partial charge in [-0.05, 0) is 25.1 Å². The number of morpholine rings is 1. The zero-order chi connectivity index (χ0) is 13.1. The van der Waals surface area contributed by atoms with Gasteiger partial charge in [0.2, 0.25) is 0 Å². The first kappa shape index (κ1) is 12.8. The Bertz CT molecular complexity index is 471. The van der Waals surface area contributed by atoms with Crippen LogP contribution in [0.15, 0.2) is 18.2 Å². The number of halogens is 1. The first-order valence-electron chi connectivity index (χ1n) is 5.85. The largest absolute Gasteiger partial charge is 0.389 e. The van der Waals surface area contributed by atoms with Crippen molar-refractivity contribution >= 4 is 5.69 Å². The summed E-state index contributed by atoms with van der Waals surface area (Å²) < 4.78 is 18.5. The zero-order valence-electron chi connectivity index (χ0n) is 10.1. The van der Waals surface area contributed by atoms with Gasteiger partial charge in [-0.25, -0.2) is 4.39 Å². The standard InChI is InChI=1S/C13H15FN2O2/c1-9(17)12-6-10(14)2-3-13(12)16-4-5-18-11(7-15)8-16/h2-3,6,9,11,17H,4-5,8H2,1H3/t9-,11?/m0/s1. The number of hydrogen-bond donors (Lipinski definition) is 1. The summed E-state index contributed by atoms with van der Waals surface area (Å²) >= 11 is 0. The molecule has 18 heavy (non-hydrogen) atoms. The Morgan fingerprint density at radius 1 is 1.61 bits per heavy atom. The van der Waals surface area contributed by atoms with Crippen molar-refractivity contribution < 1.29 is 14.2 Å². The Labute approximate surface area is 105 Å². The average molecular weight is 250 g/mol. The number of rotatable bonds is 2. The van der Waals surface area contributed by atoms with Crippen molar-refractivity contribution in [1.29, 1.82) is 5.26 Å². The third kappa shape index (κ3) is 2.61. The highest BCUT2D eigenvalue weighted by atomic mass is 19.1. The molecule has 0 bridgehead atoms. The van der Waals surface area contributed by atoms with Gasteiger partial charge in [0.15, 0.2) is 6.10 Å². The number of nitriles is 1. The van der Waals surface area contributed by atoms with E-state index in [2.05, 4.69) is 6.07 Å². The maximum atomic E-state index is 13.2. The molecule has 96 valence electrons. The van der Waals surface area contributed by atoms with Gasteiger partial charge < -0.3 is 14.7 Å². The normalized spacial score (nSPS) is 21.4. The highest BCUT2D eigenvalue weighted by molar-refractivity contribution is 5.55. The topological polar surface area (TPSA) is 56.5 Å². The molecule has 0 saturated carbocycles. The third-order valence-electron chi connectivity index (χ3n) is 2.99. The Morgan fingerprint density at radius 3 is 3.06 bits per heavy atom. The smallest absolute Gasteiger partial charge is 0.161 e. The lowest BCUT2D eigenvalue weighted by Crippen LogP contribution is -2.42. The van der Waals surface area contributed by atoms with Crippen LogP contribution in [0.1, 0.15) is 18.6 Å². The zero-order valence-corrected chi connectivity index (χ0v) is 10.1. The molecule has 0 radical (unpaired) electrons. The summed E-state index contributed by atoms with van der Waals surface area (Å²) in [5, 5.41) is 18.6. The number of ether oxygens (including phenoxy) is 1. The molecular weight excluding hydrogens is 235 g/mol. The van der Waals surface area contributed by atoms with Gasteiger partial charge in [0, 0.05) is 17.8 Å². The summed E-state index contributed by atoms with van der Waals surface area (Å²) in [5.41, 5.74) is 1.29. The number of aliphatic hydroxyl groups excluding tert-OH is 1. The molecule has 1 saturated heterocycles. The van der Waals surface area contributed by atoms with Crippen molar-refractivity contribution in [1.82, 2.24) is 0 Å². The van der Waals surface area contributed by atoms with Gasteiger partial charge in [0.05, 0.1) is 25.3 Å². The van der Waals surface area contributed by atoms with E-state index in [-0.39, 0.29) is 5.82 Å². The Balaban J connectivity index is 2.30. The average Bonchev–Trinajstić information content (AvgIpc) is 2.38. The van der Waals surface area contributed by atoms with E-state index in [1.54, 1.807) is 13.0 Å². The van der Waals surface area contributed by atoms with E-state index in [1.807, 2.05) is 4.90 Å². The van der Waals surface area contributed by atoms with E-state index in [0.29, 0.717) is 25.3 Å². The molecule has 1 N–H and O–H groups in total. The minimum atomic E-state index is -0.751. The molecule has 0 spiro atoms. The van der Waals surface area contributed by atoms with Gasteiger partial charge in [-0.1, -0.05) is 0 Å². The molecule has 1 heterocycles. The lowest BCUT2D eigenvalue weighted by molar-refractivity contribution is 0.0761. The van der Waals surface area contributed by atoms with E-state index >= 15 is 0 Å². The van der Waals surface area contributed by atoms with Crippen LogP contribution in [0.25, 0.3) is 0 Å². The van der Waals surface area contributed by atoms with E-state index in [4.69, 9.17) is 10.00 Å². The summed E-state index contributed by atoms with van der Waals surface area (Å²) in [4.78, 5) is 1.94. The SMILES string of the molecule is C[C@H](O)c1cc(F)ccc1N1CCOC(C#N)C1. The highest BCUT2D eigenvalue weighted by Crippen LogP contribution is 2.28. The molecule has 2 atom stereocenters. The monoisotopic (exact) mass is 250 g/mol. The number of benzene rings is 1. The van der Waals surface area contributed by atoms with Crippen LogP contribution in [-0.2, 0) is 4.74 Å². The van der Waals surface area contributed by atoms with Gasteiger partial charge in [0.1, 0.15) is 5.82 Å². The van der Waals surface area contributed by atoms with Crippen LogP contribution in [-0.4, -0.2) is 30.9 Å². The van der Waals surface area contributed by atoms with Crippen molar-refractivity contribution in [2.24, 2.45) is 0 Å². The van der Waals surface area contributed by atoms with Crippen LogP contribution in [0, 0.1) is 17.1 Å². The minimum Gasteiger partial charge on any atom is -0.389 e. The molecular formula is C13H15FN2O2. The van der Waals surface area contributed by atoms with E-state index in [9.17, 15) is 9.50 Å². The fraction of sp³-hybridized carbons (Fsp3) is 0.462. The fourth-order valence-corrected chi connectivity index (χ4v) is 2.09. The summed E-state index contributed by atoms with van der Waals surface area (Å²) in [5.74, 6) is -0.375. The third-order valence-corrected chi connectivity index (χ3v) is 2.99. The van der Waals surface area contributed by atoms with Crippen molar-refractivity contribution in [2.75, 3.05) is 24.6 Å². The second-order valence-corrected chi connectivity index (χ2v) is 4.31. The lowest BCUT2D eigenvalue weighted by atomic mass is 10.1. The van der Waals surface area contributed by atoms with Gasteiger partial charge in [0.25, 0.3) is 0 Å². The van der Waals surface area contributed by atoms with Crippen molar-refractivity contribution in [3.63, 3.8) is 0 Å². The molecule has 4 nitrogen and oxygen atoms in total. The van der Waals surface area contributed by atoms with E-state index < -0.39 is 12.2 Å². The maximum Gasteiger partial charge on any atom is 0.161 e. The van der Waals surface area contributed by atoms with Crippen molar-refractivity contribution in [2.45, 2.75) is 19.1 Å². The van der Waals surface area contributed by atoms with Crippen molar-refractivity contribution in [3.05, 3.63) is 29.6 Å². The number of nitrogens with zero attached hydrogens (tertiary/aromatic N) is 2. The number of anilines is 1. The van der Waals surface area contributed by atoms with Gasteiger partial charge >= 0.3 is 0 Å². The van der Waals surface area contributed by atoms with E-state index in [1.165, 1.54) is 12.1 Å². The molecule has 0 amide bonds. The first-order chi connectivity index (χ1) is 8.61. The molecule has 1 unspecified atom stereocenters. The summed E-state index contributed by atoms with van der Waals surface area (Å²) in [6.07, 6.45) is -1.23. The van der Waals surface area contributed by atoms with Gasteiger partial charge in [-0.2, -0.15) is 5.26 Å². The quantitative estimate of drug-likeness (QED) is 0.866. The predicted molar refractivity (Wildman–Crippen MR) is 64.6 cm³/mol. The Kier molecular flexibility index (Phi) is 3.80. The Hall–Kier alpha value is -1.64. The molecule has 0 aromatic heterocycles. The van der Waals surface area contributed by atoms with Crippen LogP contribution in [0.2, 0.25) is 0 Å². The Morgan fingerprint density at radius 2 is 2.39 bits per heavy atom. The fourth-order valence-electron chi connectivity index (χ4n) is 2.09. The summed E-state index contributed by atoms with van der Waals surface area (Å²) in [6, 6.07) is 6.39. The number of aliphatic hydroxyl groups is 1. The maximum absolute atomic E-state index is 13.2. The molecule has 1 fully saturated rings. The van der Waals surface area contributed by atoms with Crippen LogP contribution in [0.4, 0.5) is 10.1 Å². The molecule has 2 rings (SSSR count). The molecule has 5 heteroatoms. The first-order valence-corrected chi connectivity index (χ1v) is 5.85. The minimum absolute atomic E-state index is 0.375. The second-order valence-electron chi connectivity index (χ2n) is 4.31. The molecule has 1 aliphatic rings. The second kappa shape index (κ2) is 5.34. The van der Waals surface area contributed by atoms with Crippen molar-refractivity contribution in [3.8, 4) is 6.07 Å². The molecule has 0 aliphatic carbocycles.